The first-order valence-corrected chi connectivity index (χ1v) is 8.85. The van der Waals surface area contributed by atoms with Crippen LogP contribution < -0.4 is 5.32 Å². The molecule has 4 aromatic rings. The molecule has 4 heteroatoms. The van der Waals surface area contributed by atoms with Gasteiger partial charge in [-0.25, -0.2) is 9.97 Å². The van der Waals surface area contributed by atoms with Crippen LogP contribution in [0.3, 0.4) is 0 Å². The minimum atomic E-state index is -0.131. The lowest BCUT2D eigenvalue weighted by molar-refractivity contribution is 0.0952. The Kier molecular flexibility index (Phi) is 4.62. The molecule has 0 saturated heterocycles. The zero-order valence-corrected chi connectivity index (χ0v) is 15.0. The van der Waals surface area contributed by atoms with Gasteiger partial charge in [0.25, 0.3) is 5.91 Å². The quantitative estimate of drug-likeness (QED) is 0.586. The Morgan fingerprint density at radius 1 is 0.963 bits per heavy atom. The number of fused-ring (bicyclic) bond motifs is 1. The van der Waals surface area contributed by atoms with Crippen LogP contribution in [-0.4, -0.2) is 15.9 Å². The highest BCUT2D eigenvalue weighted by Crippen LogP contribution is 2.23. The predicted molar refractivity (Wildman–Crippen MR) is 107 cm³/mol. The average Bonchev–Trinajstić information content (AvgIpc) is 2.73. The average molecular weight is 353 g/mol. The maximum absolute atomic E-state index is 12.9. The van der Waals surface area contributed by atoms with Gasteiger partial charge in [0.15, 0.2) is 5.65 Å². The third-order valence-electron chi connectivity index (χ3n) is 4.47. The summed E-state index contributed by atoms with van der Waals surface area (Å²) < 4.78 is 0. The minimum absolute atomic E-state index is 0.131. The number of amides is 1. The fourth-order valence-corrected chi connectivity index (χ4v) is 2.99. The molecular formula is C23H19N3O. The van der Waals surface area contributed by atoms with Crippen molar-refractivity contribution < 1.29 is 4.79 Å². The first-order chi connectivity index (χ1) is 13.2. The molecule has 132 valence electrons. The van der Waals surface area contributed by atoms with Gasteiger partial charge >= 0.3 is 0 Å². The number of aromatic nitrogens is 2. The second kappa shape index (κ2) is 7.38. The van der Waals surface area contributed by atoms with Crippen LogP contribution >= 0.6 is 0 Å². The Morgan fingerprint density at radius 3 is 2.52 bits per heavy atom. The van der Waals surface area contributed by atoms with Crippen molar-refractivity contribution in [3.63, 3.8) is 0 Å². The van der Waals surface area contributed by atoms with E-state index in [2.05, 4.69) is 15.3 Å². The van der Waals surface area contributed by atoms with E-state index in [4.69, 9.17) is 0 Å². The van der Waals surface area contributed by atoms with Crippen molar-refractivity contribution in [3.05, 3.63) is 95.7 Å². The largest absolute Gasteiger partial charge is 0.348 e. The van der Waals surface area contributed by atoms with Gasteiger partial charge in [-0.3, -0.25) is 4.79 Å². The third-order valence-corrected chi connectivity index (χ3v) is 4.47. The summed E-state index contributed by atoms with van der Waals surface area (Å²) in [5, 5.41) is 3.76. The molecule has 1 amide bonds. The number of rotatable bonds is 4. The molecule has 2 heterocycles. The van der Waals surface area contributed by atoms with Gasteiger partial charge in [-0.2, -0.15) is 0 Å². The second-order valence-electron chi connectivity index (χ2n) is 6.46. The van der Waals surface area contributed by atoms with E-state index in [-0.39, 0.29) is 5.91 Å². The van der Waals surface area contributed by atoms with Crippen LogP contribution in [0.1, 0.15) is 21.5 Å². The third kappa shape index (κ3) is 3.70. The molecule has 0 bridgehead atoms. The molecule has 0 aliphatic carbocycles. The fourth-order valence-electron chi connectivity index (χ4n) is 2.99. The van der Waals surface area contributed by atoms with Crippen molar-refractivity contribution in [3.8, 4) is 11.3 Å². The molecule has 0 spiro atoms. The highest BCUT2D eigenvalue weighted by atomic mass is 16.1. The van der Waals surface area contributed by atoms with E-state index in [1.807, 2.05) is 79.7 Å². The molecule has 2 aromatic carbocycles. The number of hydrogen-bond acceptors (Lipinski definition) is 3. The Labute approximate surface area is 157 Å². The van der Waals surface area contributed by atoms with Crippen molar-refractivity contribution >= 4 is 16.9 Å². The Balaban J connectivity index is 1.69. The van der Waals surface area contributed by atoms with Gasteiger partial charge < -0.3 is 5.32 Å². The fraction of sp³-hybridized carbons (Fsp3) is 0.0870. The van der Waals surface area contributed by atoms with Crippen LogP contribution in [0.2, 0.25) is 0 Å². The van der Waals surface area contributed by atoms with Crippen molar-refractivity contribution in [1.82, 2.24) is 15.3 Å². The van der Waals surface area contributed by atoms with Crippen LogP contribution in [0.25, 0.3) is 22.3 Å². The highest BCUT2D eigenvalue weighted by molar-refractivity contribution is 6.06. The van der Waals surface area contributed by atoms with Crippen LogP contribution in [0.4, 0.5) is 0 Å². The number of nitrogens with one attached hydrogen (secondary N) is 1. The normalized spacial score (nSPS) is 10.7. The summed E-state index contributed by atoms with van der Waals surface area (Å²) >= 11 is 0. The zero-order valence-electron chi connectivity index (χ0n) is 15.0. The lowest BCUT2D eigenvalue weighted by Gasteiger charge is -2.10. The van der Waals surface area contributed by atoms with Crippen molar-refractivity contribution in [2.75, 3.05) is 0 Å². The molecule has 2 aromatic heterocycles. The maximum atomic E-state index is 12.9. The van der Waals surface area contributed by atoms with Crippen LogP contribution in [0.5, 0.6) is 0 Å². The van der Waals surface area contributed by atoms with Gasteiger partial charge in [0, 0.05) is 23.7 Å². The monoisotopic (exact) mass is 353 g/mol. The van der Waals surface area contributed by atoms with Crippen LogP contribution in [0, 0.1) is 6.92 Å². The zero-order chi connectivity index (χ0) is 18.6. The Hall–Kier alpha value is -3.53. The van der Waals surface area contributed by atoms with E-state index < -0.39 is 0 Å². The van der Waals surface area contributed by atoms with Gasteiger partial charge in [0.2, 0.25) is 0 Å². The van der Waals surface area contributed by atoms with Crippen molar-refractivity contribution in [1.29, 1.82) is 0 Å². The molecule has 4 rings (SSSR count). The molecule has 27 heavy (non-hydrogen) atoms. The summed E-state index contributed by atoms with van der Waals surface area (Å²) in [7, 11) is 0. The second-order valence-corrected chi connectivity index (χ2v) is 6.46. The lowest BCUT2D eigenvalue weighted by Crippen LogP contribution is -2.23. The molecule has 1 N–H and O–H groups in total. The van der Waals surface area contributed by atoms with Gasteiger partial charge in [0.1, 0.15) is 0 Å². The highest BCUT2D eigenvalue weighted by Gasteiger charge is 2.14. The molecule has 0 aliphatic rings. The molecule has 0 unspecified atom stereocenters. The minimum Gasteiger partial charge on any atom is -0.348 e. The van der Waals surface area contributed by atoms with E-state index in [0.717, 1.165) is 22.2 Å². The summed E-state index contributed by atoms with van der Waals surface area (Å²) in [6, 6.07) is 23.5. The SMILES string of the molecule is Cc1ccc(CNC(=O)c2cc(-c3ccccc3)nc3ncccc23)cc1. The standard InChI is InChI=1S/C23H19N3O/c1-16-9-11-17(12-10-16)15-25-23(27)20-14-21(18-6-3-2-4-7-18)26-22-19(20)8-5-13-24-22/h2-14H,15H2,1H3,(H,25,27). The van der Waals surface area contributed by atoms with Gasteiger partial charge in [0.05, 0.1) is 11.3 Å². The van der Waals surface area contributed by atoms with E-state index in [1.165, 1.54) is 5.56 Å². The summed E-state index contributed by atoms with van der Waals surface area (Å²) in [4.78, 5) is 21.9. The molecule has 0 saturated carbocycles. The first kappa shape index (κ1) is 16.9. The van der Waals surface area contributed by atoms with E-state index in [0.29, 0.717) is 17.8 Å². The van der Waals surface area contributed by atoms with Gasteiger partial charge in [-0.15, -0.1) is 0 Å². The summed E-state index contributed by atoms with van der Waals surface area (Å²) in [6.45, 7) is 2.52. The van der Waals surface area contributed by atoms with E-state index in [1.54, 1.807) is 6.20 Å². The smallest absolute Gasteiger partial charge is 0.252 e. The van der Waals surface area contributed by atoms with Crippen molar-refractivity contribution in [2.24, 2.45) is 0 Å². The number of pyridine rings is 2. The number of aryl methyl sites for hydroxylation is 1. The van der Waals surface area contributed by atoms with Gasteiger partial charge in [-0.1, -0.05) is 60.2 Å². The molecule has 0 radical (unpaired) electrons. The molecular weight excluding hydrogens is 334 g/mol. The number of carbonyl (C=O) groups excluding carboxylic acids is 1. The Bertz CT molecular complexity index is 1090. The predicted octanol–water partition coefficient (Wildman–Crippen LogP) is 4.54. The Morgan fingerprint density at radius 2 is 1.74 bits per heavy atom. The van der Waals surface area contributed by atoms with Crippen molar-refractivity contribution in [2.45, 2.75) is 13.5 Å². The number of benzene rings is 2. The van der Waals surface area contributed by atoms with Crippen LogP contribution in [0.15, 0.2) is 79.0 Å². The number of hydrogen-bond donors (Lipinski definition) is 1. The first-order valence-electron chi connectivity index (χ1n) is 8.85. The van der Waals surface area contributed by atoms with Gasteiger partial charge in [-0.05, 0) is 30.7 Å². The topological polar surface area (TPSA) is 54.9 Å². The van der Waals surface area contributed by atoms with Crippen LogP contribution in [-0.2, 0) is 6.54 Å². The number of nitrogens with zero attached hydrogens (tertiary/aromatic N) is 2. The molecule has 0 aliphatic heterocycles. The summed E-state index contributed by atoms with van der Waals surface area (Å²) in [6.07, 6.45) is 1.69. The molecule has 4 nitrogen and oxygen atoms in total. The van der Waals surface area contributed by atoms with E-state index in [9.17, 15) is 4.79 Å². The molecule has 0 fully saturated rings. The van der Waals surface area contributed by atoms with E-state index >= 15 is 0 Å². The summed E-state index contributed by atoms with van der Waals surface area (Å²) in [5.74, 6) is -0.131. The molecule has 0 atom stereocenters. The maximum Gasteiger partial charge on any atom is 0.252 e. The lowest BCUT2D eigenvalue weighted by atomic mass is 10.1. The summed E-state index contributed by atoms with van der Waals surface area (Å²) in [5.41, 5.74) is 5.11. The number of carbonyl (C=O) groups is 1.